The van der Waals surface area contributed by atoms with Crippen LogP contribution in [0.25, 0.3) is 6.08 Å². The summed E-state index contributed by atoms with van der Waals surface area (Å²) >= 11 is 0. The second kappa shape index (κ2) is 9.65. The number of aromatic nitrogens is 1. The fourth-order valence-electron chi connectivity index (χ4n) is 3.10. The van der Waals surface area contributed by atoms with Crippen LogP contribution < -0.4 is 9.79 Å². The fourth-order valence-corrected chi connectivity index (χ4v) is 4.55. The van der Waals surface area contributed by atoms with E-state index in [4.69, 9.17) is 10.3 Å². The van der Waals surface area contributed by atoms with E-state index in [1.165, 1.54) is 40.3 Å². The second-order valence-corrected chi connectivity index (χ2v) is 8.63. The molecule has 1 aromatic carbocycles. The van der Waals surface area contributed by atoms with Gasteiger partial charge in [0, 0.05) is 18.8 Å². The Balaban J connectivity index is 1.76. The number of hydrogen-bond donors (Lipinski definition) is 3. The molecule has 3 N–H and O–H groups in total. The molecule has 0 aliphatic carbocycles. The number of nitrogens with zero attached hydrogens (tertiary/aromatic N) is 2. The number of rotatable bonds is 8. The molecule has 0 unspecified atom stereocenters. The van der Waals surface area contributed by atoms with Crippen molar-refractivity contribution in [1.29, 1.82) is 0 Å². The summed E-state index contributed by atoms with van der Waals surface area (Å²) in [5.74, 6) is -0.725. The number of aliphatic hydroxyl groups is 1. The number of carbonyl (C=O) groups is 2. The van der Waals surface area contributed by atoms with E-state index < -0.39 is 28.3 Å². The molecule has 162 valence electrons. The highest BCUT2D eigenvalue weighted by Gasteiger charge is 2.32. The van der Waals surface area contributed by atoms with Gasteiger partial charge >= 0.3 is 0 Å². The van der Waals surface area contributed by atoms with Crippen molar-refractivity contribution < 1.29 is 28.3 Å². The molecule has 9 nitrogen and oxygen atoms in total. The van der Waals surface area contributed by atoms with E-state index >= 15 is 0 Å². The van der Waals surface area contributed by atoms with E-state index in [2.05, 4.69) is 4.98 Å². The first-order chi connectivity index (χ1) is 14.8. The van der Waals surface area contributed by atoms with Gasteiger partial charge in [-0.15, -0.1) is 0 Å². The zero-order valence-corrected chi connectivity index (χ0v) is 17.2. The van der Waals surface area contributed by atoms with Gasteiger partial charge in [-0.05, 0) is 59.9 Å². The summed E-state index contributed by atoms with van der Waals surface area (Å²) in [7, 11) is -3.80. The lowest BCUT2D eigenvalue weighted by Crippen LogP contribution is -2.29. The first-order valence-electron chi connectivity index (χ1n) is 9.38. The Bertz CT molecular complexity index is 1140. The molecule has 31 heavy (non-hydrogen) atoms. The summed E-state index contributed by atoms with van der Waals surface area (Å²) in [6.45, 7) is -0.294. The van der Waals surface area contributed by atoms with E-state index in [-0.39, 0.29) is 11.4 Å². The third-order valence-corrected chi connectivity index (χ3v) is 6.45. The van der Waals surface area contributed by atoms with Crippen LogP contribution >= 0.6 is 0 Å². The largest absolute Gasteiger partial charge is 0.388 e. The second-order valence-electron chi connectivity index (χ2n) is 6.76. The van der Waals surface area contributed by atoms with Gasteiger partial charge < -0.3 is 5.11 Å². The molecule has 0 spiro atoms. The Kier molecular flexibility index (Phi) is 6.95. The molecule has 0 bridgehead atoms. The molecule has 10 heteroatoms. The van der Waals surface area contributed by atoms with Crippen molar-refractivity contribution in [3.8, 4) is 0 Å². The number of aliphatic hydroxyl groups excluding tert-OH is 1. The molecule has 0 saturated carbocycles. The van der Waals surface area contributed by atoms with Crippen LogP contribution in [-0.2, 0) is 32.5 Å². The predicted molar refractivity (Wildman–Crippen MR) is 113 cm³/mol. The van der Waals surface area contributed by atoms with Crippen LogP contribution in [-0.4, -0.2) is 48.6 Å². The van der Waals surface area contributed by atoms with Gasteiger partial charge in [-0.25, -0.2) is 23.2 Å². The molecule has 3 rings (SSSR count). The van der Waals surface area contributed by atoms with E-state index in [1.54, 1.807) is 24.3 Å². The zero-order valence-electron chi connectivity index (χ0n) is 16.4. The van der Waals surface area contributed by atoms with Gasteiger partial charge in [0.1, 0.15) is 12.4 Å². The van der Waals surface area contributed by atoms with Gasteiger partial charge in [0.05, 0.1) is 4.90 Å². The molecular formula is C21H21N3O6S. The first kappa shape index (κ1) is 22.3. The monoisotopic (exact) mass is 443 g/mol. The third-order valence-electron chi connectivity index (χ3n) is 4.65. The summed E-state index contributed by atoms with van der Waals surface area (Å²) in [5, 5.41) is 17.2. The van der Waals surface area contributed by atoms with Gasteiger partial charge in [0.2, 0.25) is 0 Å². The minimum atomic E-state index is -3.80. The average molecular weight is 443 g/mol. The number of amides is 1. The Morgan fingerprint density at radius 3 is 2.61 bits per heavy atom. The molecule has 2 heterocycles. The van der Waals surface area contributed by atoms with E-state index in [9.17, 15) is 18.0 Å². The van der Waals surface area contributed by atoms with E-state index in [0.717, 1.165) is 17.2 Å². The minimum absolute atomic E-state index is 0.130. The first-order valence-corrected chi connectivity index (χ1v) is 10.8. The smallest absolute Gasteiger partial charge is 0.267 e. The Hall–Kier alpha value is -3.34. The van der Waals surface area contributed by atoms with Crippen molar-refractivity contribution in [2.24, 2.45) is 0 Å². The van der Waals surface area contributed by atoms with Crippen molar-refractivity contribution in [1.82, 2.24) is 10.5 Å². The van der Waals surface area contributed by atoms with Crippen LogP contribution in [0.5, 0.6) is 0 Å². The maximum atomic E-state index is 13.1. The molecular weight excluding hydrogens is 422 g/mol. The zero-order chi connectivity index (χ0) is 22.4. The number of allylic oxidation sites excluding steroid dienone is 1. The number of hydrogen-bond acceptors (Lipinski definition) is 7. The molecule has 1 aliphatic rings. The summed E-state index contributed by atoms with van der Waals surface area (Å²) in [6.07, 6.45) is 7.88. The number of sulfonamides is 1. The molecule has 0 radical (unpaired) electrons. The van der Waals surface area contributed by atoms with Crippen molar-refractivity contribution >= 4 is 33.6 Å². The number of hydroxylamine groups is 1. The molecule has 2 aromatic rings. The van der Waals surface area contributed by atoms with E-state index in [0.29, 0.717) is 24.2 Å². The van der Waals surface area contributed by atoms with E-state index in [1.807, 2.05) is 0 Å². The highest BCUT2D eigenvalue weighted by molar-refractivity contribution is 7.92. The van der Waals surface area contributed by atoms with Crippen LogP contribution in [0, 0.1) is 0 Å². The lowest BCUT2D eigenvalue weighted by atomic mass is 10.1. The van der Waals surface area contributed by atoms with Crippen molar-refractivity contribution in [3.63, 3.8) is 0 Å². The Morgan fingerprint density at radius 1 is 1.19 bits per heavy atom. The van der Waals surface area contributed by atoms with Crippen LogP contribution in [0.2, 0.25) is 0 Å². The summed E-state index contributed by atoms with van der Waals surface area (Å²) in [4.78, 5) is 26.6. The standard InChI is InChI=1S/C21H21N3O6S/c25-14-18(26)3-1-2-15-4-7-19(8-5-15)31(29,30)24-11-10-17-12-16(13-22-21(17)24)6-9-20(27)23-28/h1,3-9,12-13,25,28H,2,10-11,14H2,(H,23,27)/b3-1+,9-6+. The maximum absolute atomic E-state index is 13.1. The van der Waals surface area contributed by atoms with Gasteiger partial charge in [-0.1, -0.05) is 18.2 Å². The molecule has 1 aliphatic heterocycles. The van der Waals surface area contributed by atoms with Crippen LogP contribution in [0.3, 0.4) is 0 Å². The topological polar surface area (TPSA) is 137 Å². The summed E-state index contributed by atoms with van der Waals surface area (Å²) in [6, 6.07) is 8.11. The van der Waals surface area contributed by atoms with Crippen molar-refractivity contribution in [3.05, 3.63) is 71.4 Å². The van der Waals surface area contributed by atoms with Crippen molar-refractivity contribution in [2.45, 2.75) is 17.7 Å². The minimum Gasteiger partial charge on any atom is -0.388 e. The molecule has 1 amide bonds. The Morgan fingerprint density at radius 2 is 1.94 bits per heavy atom. The Labute approximate surface area is 179 Å². The SMILES string of the molecule is O=C(/C=C/Cc1ccc(S(=O)(=O)N2CCc3cc(/C=C/C(=O)NO)cnc32)cc1)CO. The van der Waals surface area contributed by atoms with Crippen LogP contribution in [0.1, 0.15) is 16.7 Å². The number of fused-ring (bicyclic) bond motifs is 1. The van der Waals surface area contributed by atoms with Gasteiger partial charge in [-0.2, -0.15) is 0 Å². The maximum Gasteiger partial charge on any atom is 0.267 e. The average Bonchev–Trinajstić information content (AvgIpc) is 3.21. The third kappa shape index (κ3) is 5.23. The van der Waals surface area contributed by atoms with Crippen LogP contribution in [0.15, 0.2) is 59.7 Å². The summed E-state index contributed by atoms with van der Waals surface area (Å²) < 4.78 is 27.4. The van der Waals surface area contributed by atoms with Crippen LogP contribution in [0.4, 0.5) is 5.82 Å². The molecule has 0 atom stereocenters. The number of nitrogens with one attached hydrogen (secondary N) is 1. The van der Waals surface area contributed by atoms with Gasteiger partial charge in [0.15, 0.2) is 5.78 Å². The number of benzene rings is 1. The van der Waals surface area contributed by atoms with Crippen molar-refractivity contribution in [2.75, 3.05) is 17.5 Å². The molecule has 1 aromatic heterocycles. The number of pyridine rings is 1. The number of ketones is 1. The predicted octanol–water partition coefficient (Wildman–Crippen LogP) is 1.01. The molecule has 0 saturated heterocycles. The van der Waals surface area contributed by atoms with Gasteiger partial charge in [-0.3, -0.25) is 14.8 Å². The lowest BCUT2D eigenvalue weighted by molar-refractivity contribution is -0.124. The number of anilines is 1. The fraction of sp³-hybridized carbons (Fsp3) is 0.190. The quantitative estimate of drug-likeness (QED) is 0.315. The van der Waals surface area contributed by atoms with Gasteiger partial charge in [0.25, 0.3) is 15.9 Å². The summed E-state index contributed by atoms with van der Waals surface area (Å²) in [5.41, 5.74) is 3.67. The highest BCUT2D eigenvalue weighted by Crippen LogP contribution is 2.31. The normalized spacial score (nSPS) is 13.7. The molecule has 0 fully saturated rings. The number of carbonyl (C=O) groups excluding carboxylic acids is 2. The highest BCUT2D eigenvalue weighted by atomic mass is 32.2. The lowest BCUT2D eigenvalue weighted by Gasteiger charge is -2.18.